The van der Waals surface area contributed by atoms with Gasteiger partial charge in [-0.2, -0.15) is 10.4 Å². The molecule has 2 amide bonds. The Kier molecular flexibility index (Phi) is 6.61. The number of aromatic nitrogens is 3. The second kappa shape index (κ2) is 9.74. The Hall–Kier alpha value is -3.53. The molecule has 1 aromatic carbocycles. The normalized spacial score (nSPS) is 14.9. The topological polar surface area (TPSA) is 104 Å². The van der Waals surface area contributed by atoms with Gasteiger partial charge in [-0.15, -0.1) is 11.3 Å². The first-order valence-corrected chi connectivity index (χ1v) is 13.2. The largest absolute Gasteiger partial charge is 0.482 e. The average molecular weight is 559 g/mol. The molecule has 0 bridgehead atoms. The van der Waals surface area contributed by atoms with Crippen LogP contribution in [-0.4, -0.2) is 63.5 Å². The molecule has 0 saturated carbocycles. The van der Waals surface area contributed by atoms with E-state index in [2.05, 4.69) is 10.1 Å². The zero-order chi connectivity index (χ0) is 26.4. The molecule has 0 fully saturated rings. The van der Waals surface area contributed by atoms with E-state index in [-0.39, 0.29) is 39.6 Å². The highest BCUT2D eigenvalue weighted by molar-refractivity contribution is 7.16. The lowest BCUT2D eigenvalue weighted by Gasteiger charge is -2.34. The number of amides is 2. The Labute approximate surface area is 224 Å². The van der Waals surface area contributed by atoms with E-state index in [4.69, 9.17) is 21.6 Å². The van der Waals surface area contributed by atoms with Gasteiger partial charge in [-0.3, -0.25) is 9.59 Å². The SMILES string of the molecule is Cc1nn2c3c(nc2s1)CCN(C(=O)COc1ccc(C#N)cc1Cl)C3c1sc(C(=O)N(C)C)cc1F. The number of carbonyl (C=O) groups excluding carboxylic acids is 2. The first-order chi connectivity index (χ1) is 17.7. The lowest BCUT2D eigenvalue weighted by molar-refractivity contribution is -0.135. The molecule has 0 spiro atoms. The van der Waals surface area contributed by atoms with Crippen molar-refractivity contribution in [2.45, 2.75) is 19.4 Å². The summed E-state index contributed by atoms with van der Waals surface area (Å²) in [6, 6.07) is 6.87. The van der Waals surface area contributed by atoms with Crippen LogP contribution in [0.2, 0.25) is 5.02 Å². The summed E-state index contributed by atoms with van der Waals surface area (Å²) >= 11 is 8.61. The molecule has 1 aliphatic rings. The summed E-state index contributed by atoms with van der Waals surface area (Å²) in [5, 5.41) is 14.6. The van der Waals surface area contributed by atoms with Crippen LogP contribution in [0.4, 0.5) is 4.39 Å². The number of hydrogen-bond donors (Lipinski definition) is 0. The Morgan fingerprint density at radius 2 is 2.11 bits per heavy atom. The molecule has 9 nitrogen and oxygen atoms in total. The maximum Gasteiger partial charge on any atom is 0.263 e. The smallest absolute Gasteiger partial charge is 0.263 e. The van der Waals surface area contributed by atoms with Crippen molar-refractivity contribution in [1.29, 1.82) is 5.26 Å². The monoisotopic (exact) mass is 558 g/mol. The quantitative estimate of drug-likeness (QED) is 0.366. The van der Waals surface area contributed by atoms with E-state index in [9.17, 15) is 9.59 Å². The zero-order valence-electron chi connectivity index (χ0n) is 20.0. The zero-order valence-corrected chi connectivity index (χ0v) is 22.4. The first kappa shape index (κ1) is 25.1. The Morgan fingerprint density at radius 3 is 2.81 bits per heavy atom. The summed E-state index contributed by atoms with van der Waals surface area (Å²) in [5.74, 6) is -1.05. The number of aryl methyl sites for hydroxylation is 1. The van der Waals surface area contributed by atoms with Crippen LogP contribution in [0.1, 0.15) is 42.5 Å². The van der Waals surface area contributed by atoms with Crippen molar-refractivity contribution in [2.75, 3.05) is 27.2 Å². The lowest BCUT2D eigenvalue weighted by atomic mass is 10.0. The van der Waals surface area contributed by atoms with E-state index in [1.807, 2.05) is 13.0 Å². The fourth-order valence-corrected chi connectivity index (χ4v) is 6.38. The number of fused-ring (bicyclic) bond motifs is 3. The van der Waals surface area contributed by atoms with Gasteiger partial charge in [0.2, 0.25) is 4.96 Å². The maximum atomic E-state index is 15.4. The second-order valence-electron chi connectivity index (χ2n) is 8.57. The van der Waals surface area contributed by atoms with Crippen molar-refractivity contribution in [2.24, 2.45) is 0 Å². The molecule has 3 aromatic heterocycles. The van der Waals surface area contributed by atoms with Crippen molar-refractivity contribution in [3.63, 3.8) is 0 Å². The summed E-state index contributed by atoms with van der Waals surface area (Å²) in [6.07, 6.45) is 0.459. The lowest BCUT2D eigenvalue weighted by Crippen LogP contribution is -2.43. The fraction of sp³-hybridized carbons (Fsp3) is 0.292. The number of nitrogens with zero attached hydrogens (tertiary/aromatic N) is 6. The minimum atomic E-state index is -0.846. The number of hydrogen-bond acceptors (Lipinski definition) is 8. The molecule has 0 aliphatic carbocycles. The highest BCUT2D eigenvalue weighted by atomic mass is 35.5. The van der Waals surface area contributed by atoms with Gasteiger partial charge in [-0.1, -0.05) is 22.9 Å². The predicted molar refractivity (Wildman–Crippen MR) is 137 cm³/mol. The van der Waals surface area contributed by atoms with Gasteiger partial charge in [-0.05, 0) is 31.2 Å². The minimum absolute atomic E-state index is 0.205. The molecule has 1 unspecified atom stereocenters. The highest BCUT2D eigenvalue weighted by Gasteiger charge is 2.39. The number of thiophene rings is 1. The number of ether oxygens (including phenoxy) is 1. The fourth-order valence-electron chi connectivity index (χ4n) is 4.20. The van der Waals surface area contributed by atoms with Crippen LogP contribution in [0.25, 0.3) is 4.96 Å². The highest BCUT2D eigenvalue weighted by Crippen LogP contribution is 2.41. The van der Waals surface area contributed by atoms with E-state index in [0.717, 1.165) is 22.0 Å². The summed E-state index contributed by atoms with van der Waals surface area (Å²) in [4.78, 5) is 34.7. The summed E-state index contributed by atoms with van der Waals surface area (Å²) < 4.78 is 22.8. The number of carbonyl (C=O) groups is 2. The molecular weight excluding hydrogens is 539 g/mol. The van der Waals surface area contributed by atoms with E-state index in [1.54, 1.807) is 24.7 Å². The first-order valence-electron chi connectivity index (χ1n) is 11.2. The van der Waals surface area contributed by atoms with E-state index in [0.29, 0.717) is 22.6 Å². The summed E-state index contributed by atoms with van der Waals surface area (Å²) in [5.41, 5.74) is 1.70. The van der Waals surface area contributed by atoms with Crippen LogP contribution in [0.5, 0.6) is 5.75 Å². The van der Waals surface area contributed by atoms with Crippen LogP contribution in [0.3, 0.4) is 0 Å². The molecule has 190 valence electrons. The van der Waals surface area contributed by atoms with Crippen LogP contribution in [-0.2, 0) is 11.2 Å². The molecular formula is C24H20ClFN6O3S2. The number of benzene rings is 1. The third kappa shape index (κ3) is 4.54. The molecule has 4 heterocycles. The van der Waals surface area contributed by atoms with Gasteiger partial charge in [0.1, 0.15) is 22.6 Å². The van der Waals surface area contributed by atoms with Gasteiger partial charge in [0, 0.05) is 27.1 Å². The molecule has 1 atom stereocenters. The van der Waals surface area contributed by atoms with Gasteiger partial charge >= 0.3 is 0 Å². The van der Waals surface area contributed by atoms with Gasteiger partial charge in [0.05, 0.1) is 37.8 Å². The van der Waals surface area contributed by atoms with Crippen molar-refractivity contribution in [3.05, 3.63) is 66.8 Å². The predicted octanol–water partition coefficient (Wildman–Crippen LogP) is 4.08. The molecule has 0 radical (unpaired) electrons. The Morgan fingerprint density at radius 1 is 1.32 bits per heavy atom. The molecule has 13 heteroatoms. The third-order valence-electron chi connectivity index (χ3n) is 5.89. The molecule has 0 N–H and O–H groups in total. The number of nitriles is 1. The van der Waals surface area contributed by atoms with Crippen LogP contribution >= 0.6 is 34.3 Å². The number of imidazole rings is 1. The molecule has 37 heavy (non-hydrogen) atoms. The second-order valence-corrected chi connectivity index (χ2v) is 11.2. The standard InChI is InChI=1S/C24H20ClFN6O3S2/c1-12-29-32-20-16(28-24(32)36-12)6-7-31(19(33)11-35-17-5-4-13(10-27)8-14(17)25)21(20)22-15(26)9-18(37-22)23(34)30(2)3/h4-5,8-9,21H,6-7,11H2,1-3H3. The van der Waals surface area contributed by atoms with Crippen LogP contribution in [0, 0.1) is 24.1 Å². The molecule has 5 rings (SSSR count). The summed E-state index contributed by atoms with van der Waals surface area (Å²) in [7, 11) is 3.19. The van der Waals surface area contributed by atoms with Crippen molar-refractivity contribution in [1.82, 2.24) is 24.4 Å². The third-order valence-corrected chi connectivity index (χ3v) is 8.16. The van der Waals surface area contributed by atoms with Crippen molar-refractivity contribution >= 4 is 51.0 Å². The molecule has 4 aromatic rings. The van der Waals surface area contributed by atoms with E-state index in [1.165, 1.54) is 39.3 Å². The Balaban J connectivity index is 1.53. The van der Waals surface area contributed by atoms with E-state index >= 15 is 4.39 Å². The number of rotatable bonds is 5. The van der Waals surface area contributed by atoms with E-state index < -0.39 is 17.8 Å². The molecule has 0 saturated heterocycles. The van der Waals surface area contributed by atoms with Crippen LogP contribution in [0.15, 0.2) is 24.3 Å². The van der Waals surface area contributed by atoms with Crippen molar-refractivity contribution in [3.8, 4) is 11.8 Å². The average Bonchev–Trinajstić information content (AvgIpc) is 3.53. The molecule has 1 aliphatic heterocycles. The van der Waals surface area contributed by atoms with Gasteiger partial charge in [0.25, 0.3) is 11.8 Å². The minimum Gasteiger partial charge on any atom is -0.482 e. The van der Waals surface area contributed by atoms with Gasteiger partial charge < -0.3 is 14.5 Å². The van der Waals surface area contributed by atoms with Crippen molar-refractivity contribution < 1.29 is 18.7 Å². The summed E-state index contributed by atoms with van der Waals surface area (Å²) in [6.45, 7) is 1.77. The number of halogens is 2. The van der Waals surface area contributed by atoms with Gasteiger partial charge in [0.15, 0.2) is 6.61 Å². The van der Waals surface area contributed by atoms with Crippen LogP contribution < -0.4 is 4.74 Å². The Bertz CT molecular complexity index is 1590. The van der Waals surface area contributed by atoms with Gasteiger partial charge in [-0.25, -0.2) is 13.9 Å². The maximum absolute atomic E-state index is 15.4.